The molecule has 2 aliphatic carbocycles. The monoisotopic (exact) mass is 378 g/mol. The van der Waals surface area contributed by atoms with E-state index in [1.54, 1.807) is 0 Å². The second kappa shape index (κ2) is 7.47. The first-order valence-corrected chi connectivity index (χ1v) is 12.7. The number of carbonyl (C=O) groups excluding carboxylic acids is 1. The van der Waals surface area contributed by atoms with E-state index in [2.05, 4.69) is 64.2 Å². The highest BCUT2D eigenvalue weighted by molar-refractivity contribution is 6.74. The zero-order valence-electron chi connectivity index (χ0n) is 17.1. The fourth-order valence-electron chi connectivity index (χ4n) is 3.17. The van der Waals surface area contributed by atoms with Crippen molar-refractivity contribution in [2.24, 2.45) is 0 Å². The molecule has 4 rings (SSSR count). The molecular formula is C24H30O2Si. The summed E-state index contributed by atoms with van der Waals surface area (Å²) >= 11 is 0. The molecule has 0 radical (unpaired) electrons. The van der Waals surface area contributed by atoms with Gasteiger partial charge in [0.25, 0.3) is 0 Å². The smallest absolute Gasteiger partial charge is 0.250 e. The number of rotatable bonds is 2. The van der Waals surface area contributed by atoms with Crippen molar-refractivity contribution in [1.82, 2.24) is 0 Å². The lowest BCUT2D eigenvalue weighted by molar-refractivity contribution is 0.0994. The SMILES string of the molecule is CC(C)(C)[Si](C)(C)OC1=CCc2ccccc21.O=C1CCc2ccccc21. The summed E-state index contributed by atoms with van der Waals surface area (Å²) in [7, 11) is -1.71. The van der Waals surface area contributed by atoms with Crippen molar-refractivity contribution in [1.29, 1.82) is 0 Å². The van der Waals surface area contributed by atoms with E-state index in [-0.39, 0.29) is 5.04 Å². The Hall–Kier alpha value is -2.13. The quantitative estimate of drug-likeness (QED) is 0.564. The number of ketones is 1. The Labute approximate surface area is 164 Å². The van der Waals surface area contributed by atoms with Crippen LogP contribution >= 0.6 is 0 Å². The number of aryl methyl sites for hydroxylation is 1. The second-order valence-electron chi connectivity index (χ2n) is 8.87. The minimum absolute atomic E-state index is 0.255. The second-order valence-corrected chi connectivity index (χ2v) is 13.6. The first-order valence-electron chi connectivity index (χ1n) is 9.77. The van der Waals surface area contributed by atoms with Crippen LogP contribution in [0.5, 0.6) is 0 Å². The number of hydrogen-bond donors (Lipinski definition) is 0. The van der Waals surface area contributed by atoms with Crippen LogP contribution < -0.4 is 0 Å². The molecule has 0 unspecified atom stereocenters. The first kappa shape index (κ1) is 19.6. The first-order chi connectivity index (χ1) is 12.7. The molecule has 0 saturated carbocycles. The van der Waals surface area contributed by atoms with Gasteiger partial charge in [0.1, 0.15) is 5.76 Å². The Kier molecular flexibility index (Phi) is 5.43. The molecule has 2 aromatic carbocycles. The van der Waals surface area contributed by atoms with Crippen LogP contribution in [0.3, 0.4) is 0 Å². The van der Waals surface area contributed by atoms with Crippen LogP contribution in [-0.2, 0) is 17.3 Å². The zero-order chi connectivity index (χ0) is 19.7. The van der Waals surface area contributed by atoms with Gasteiger partial charge < -0.3 is 4.43 Å². The molecule has 2 aliphatic rings. The van der Waals surface area contributed by atoms with E-state index in [4.69, 9.17) is 4.43 Å². The fourth-order valence-corrected chi connectivity index (χ4v) is 4.22. The molecule has 0 heterocycles. The van der Waals surface area contributed by atoms with Crippen molar-refractivity contribution < 1.29 is 9.22 Å². The van der Waals surface area contributed by atoms with Crippen LogP contribution in [0.1, 0.15) is 54.2 Å². The third-order valence-electron chi connectivity index (χ3n) is 5.90. The van der Waals surface area contributed by atoms with Crippen molar-refractivity contribution >= 4 is 19.9 Å². The molecule has 0 aromatic heterocycles. The summed E-state index contributed by atoms with van der Waals surface area (Å²) < 4.78 is 6.39. The van der Waals surface area contributed by atoms with Gasteiger partial charge in [-0.2, -0.15) is 0 Å². The van der Waals surface area contributed by atoms with Crippen molar-refractivity contribution in [2.45, 2.75) is 58.2 Å². The van der Waals surface area contributed by atoms with Gasteiger partial charge in [-0.15, -0.1) is 0 Å². The summed E-state index contributed by atoms with van der Waals surface area (Å²) in [6.45, 7) is 11.4. The van der Waals surface area contributed by atoms with Crippen LogP contribution in [0, 0.1) is 0 Å². The number of benzene rings is 2. The van der Waals surface area contributed by atoms with Gasteiger partial charge in [0.2, 0.25) is 8.32 Å². The van der Waals surface area contributed by atoms with E-state index >= 15 is 0 Å². The Morgan fingerprint density at radius 1 is 0.852 bits per heavy atom. The van der Waals surface area contributed by atoms with Crippen LogP contribution in [0.2, 0.25) is 18.1 Å². The van der Waals surface area contributed by atoms with Crippen molar-refractivity contribution in [3.8, 4) is 0 Å². The molecule has 0 amide bonds. The number of hydrogen-bond acceptors (Lipinski definition) is 2. The van der Waals surface area contributed by atoms with Gasteiger partial charge >= 0.3 is 0 Å². The van der Waals surface area contributed by atoms with Gasteiger partial charge in [-0.25, -0.2) is 0 Å². The predicted octanol–water partition coefficient (Wildman–Crippen LogP) is 6.42. The molecule has 27 heavy (non-hydrogen) atoms. The maximum absolute atomic E-state index is 11.1. The fraction of sp³-hybridized carbons (Fsp3) is 0.375. The molecule has 0 aliphatic heterocycles. The minimum atomic E-state index is -1.71. The third-order valence-corrected chi connectivity index (χ3v) is 10.2. The molecule has 142 valence electrons. The average Bonchev–Trinajstić information content (AvgIpc) is 3.19. The van der Waals surface area contributed by atoms with Gasteiger partial charge in [0.05, 0.1) is 0 Å². The average molecular weight is 379 g/mol. The van der Waals surface area contributed by atoms with Gasteiger partial charge in [-0.3, -0.25) is 4.79 Å². The van der Waals surface area contributed by atoms with Crippen LogP contribution in [-0.4, -0.2) is 14.1 Å². The maximum Gasteiger partial charge on any atom is 0.250 e. The topological polar surface area (TPSA) is 26.3 Å². The number of Topliss-reactive ketones (excluding diaryl/α,β-unsaturated/α-hetero) is 1. The zero-order valence-corrected chi connectivity index (χ0v) is 18.1. The number of fused-ring (bicyclic) bond motifs is 2. The van der Waals surface area contributed by atoms with E-state index < -0.39 is 8.32 Å². The van der Waals surface area contributed by atoms with E-state index in [1.807, 2.05) is 24.3 Å². The highest BCUT2D eigenvalue weighted by Crippen LogP contribution is 2.41. The normalized spacial score (nSPS) is 15.4. The molecular weight excluding hydrogens is 348 g/mol. The predicted molar refractivity (Wildman–Crippen MR) is 115 cm³/mol. The van der Waals surface area contributed by atoms with E-state index in [0.717, 1.165) is 24.2 Å². The standard InChI is InChI=1S/C15H22OSi.C9H8O/c1-15(2,3)17(4,5)16-14-11-10-12-8-6-7-9-13(12)14;10-9-6-5-7-3-1-2-4-8(7)9/h6-9,11H,10H2,1-5H3;1-4H,5-6H2. The number of carbonyl (C=O) groups is 1. The van der Waals surface area contributed by atoms with Gasteiger partial charge in [-0.05, 0) is 48.2 Å². The minimum Gasteiger partial charge on any atom is -0.543 e. The van der Waals surface area contributed by atoms with Gasteiger partial charge in [0.15, 0.2) is 5.78 Å². The molecule has 0 atom stereocenters. The Morgan fingerprint density at radius 3 is 2.07 bits per heavy atom. The van der Waals surface area contributed by atoms with E-state index in [0.29, 0.717) is 12.2 Å². The van der Waals surface area contributed by atoms with Crippen molar-refractivity contribution in [3.05, 3.63) is 76.9 Å². The molecule has 0 spiro atoms. The molecule has 2 aromatic rings. The lowest BCUT2D eigenvalue weighted by atomic mass is 10.1. The van der Waals surface area contributed by atoms with Crippen LogP contribution in [0.15, 0.2) is 54.6 Å². The molecule has 3 heteroatoms. The summed E-state index contributed by atoms with van der Waals surface area (Å²) in [5, 5.41) is 0.255. The van der Waals surface area contributed by atoms with Crippen molar-refractivity contribution in [2.75, 3.05) is 0 Å². The Bertz CT molecular complexity index is 872. The highest BCUT2D eigenvalue weighted by atomic mass is 28.4. The largest absolute Gasteiger partial charge is 0.543 e. The Balaban J connectivity index is 0.000000177. The lowest BCUT2D eigenvalue weighted by Gasteiger charge is -2.37. The summed E-state index contributed by atoms with van der Waals surface area (Å²) in [4.78, 5) is 11.1. The summed E-state index contributed by atoms with van der Waals surface area (Å²) in [6.07, 6.45) is 4.89. The molecule has 0 saturated heterocycles. The molecule has 2 nitrogen and oxygen atoms in total. The summed E-state index contributed by atoms with van der Waals surface area (Å²) in [6, 6.07) is 16.4. The Morgan fingerprint density at radius 2 is 1.44 bits per heavy atom. The summed E-state index contributed by atoms with van der Waals surface area (Å²) in [5.74, 6) is 1.41. The maximum atomic E-state index is 11.1. The molecule has 0 bridgehead atoms. The van der Waals surface area contributed by atoms with Crippen LogP contribution in [0.4, 0.5) is 0 Å². The highest BCUT2D eigenvalue weighted by Gasteiger charge is 2.40. The third kappa shape index (κ3) is 4.24. The molecule has 0 N–H and O–H groups in total. The van der Waals surface area contributed by atoms with Gasteiger partial charge in [-0.1, -0.05) is 69.3 Å². The van der Waals surface area contributed by atoms with Crippen LogP contribution in [0.25, 0.3) is 5.76 Å². The van der Waals surface area contributed by atoms with Crippen molar-refractivity contribution in [3.63, 3.8) is 0 Å². The number of allylic oxidation sites excluding steroid dienone is 1. The summed E-state index contributed by atoms with van der Waals surface area (Å²) in [5.41, 5.74) is 4.83. The van der Waals surface area contributed by atoms with E-state index in [1.165, 1.54) is 16.7 Å². The van der Waals surface area contributed by atoms with Gasteiger partial charge in [0, 0.05) is 17.5 Å². The lowest BCUT2D eigenvalue weighted by Crippen LogP contribution is -2.40. The molecule has 0 fully saturated rings. The van der Waals surface area contributed by atoms with E-state index in [9.17, 15) is 4.79 Å².